The van der Waals surface area contributed by atoms with Crippen LogP contribution >= 0.6 is 0 Å². The molecule has 0 aromatic heterocycles. The van der Waals surface area contributed by atoms with Crippen LogP contribution in [0, 0.1) is 5.92 Å². The van der Waals surface area contributed by atoms with Crippen molar-refractivity contribution in [2.24, 2.45) is 5.92 Å². The number of likely N-dealkylation sites (tertiary alicyclic amines) is 2. The van der Waals surface area contributed by atoms with Crippen LogP contribution in [0.25, 0.3) is 0 Å². The number of benzene rings is 2. The molecule has 0 aliphatic carbocycles. The molecule has 2 aliphatic heterocycles. The Labute approximate surface area is 191 Å². The Morgan fingerprint density at radius 1 is 0.906 bits per heavy atom. The highest BCUT2D eigenvalue weighted by atomic mass is 16.3. The molecule has 2 atom stereocenters. The average Bonchev–Trinajstić information content (AvgIpc) is 2.82. The zero-order chi connectivity index (χ0) is 22.4. The molecular formula is C27H36N2O3. The summed E-state index contributed by atoms with van der Waals surface area (Å²) in [6, 6.07) is 20.6. The lowest BCUT2D eigenvalue weighted by Gasteiger charge is -2.46. The fraction of sp³-hybridized carbons (Fsp3) is 0.519. The molecule has 0 saturated carbocycles. The third-order valence-corrected chi connectivity index (χ3v) is 7.15. The minimum atomic E-state index is -1.26. The van der Waals surface area contributed by atoms with Crippen LogP contribution < -0.4 is 0 Å². The largest absolute Gasteiger partial charge is 0.390 e. The van der Waals surface area contributed by atoms with Gasteiger partial charge in [0.2, 0.25) is 5.91 Å². The van der Waals surface area contributed by atoms with Gasteiger partial charge in [-0.1, -0.05) is 60.7 Å². The monoisotopic (exact) mass is 436 g/mol. The molecule has 172 valence electrons. The first-order valence-corrected chi connectivity index (χ1v) is 12.0. The number of piperidine rings is 2. The second kappa shape index (κ2) is 10.6. The smallest absolute Gasteiger partial charge is 0.223 e. The molecule has 2 fully saturated rings. The summed E-state index contributed by atoms with van der Waals surface area (Å²) in [6.07, 6.45) is 4.07. The molecule has 4 rings (SSSR count). The third kappa shape index (κ3) is 5.97. The Morgan fingerprint density at radius 3 is 2.19 bits per heavy atom. The molecule has 2 N–H and O–H groups in total. The number of hydrogen-bond donors (Lipinski definition) is 2. The first kappa shape index (κ1) is 23.0. The fourth-order valence-corrected chi connectivity index (χ4v) is 5.17. The van der Waals surface area contributed by atoms with Crippen LogP contribution in [0.5, 0.6) is 0 Å². The number of aliphatic hydroxyl groups excluding tert-OH is 1. The molecule has 32 heavy (non-hydrogen) atoms. The Balaban J connectivity index is 1.27. The number of hydrogen-bond acceptors (Lipinski definition) is 4. The molecule has 2 aromatic rings. The summed E-state index contributed by atoms with van der Waals surface area (Å²) in [7, 11) is 0. The van der Waals surface area contributed by atoms with Crippen molar-refractivity contribution in [1.29, 1.82) is 0 Å². The van der Waals surface area contributed by atoms with Crippen LogP contribution in [0.3, 0.4) is 0 Å². The van der Waals surface area contributed by atoms with Gasteiger partial charge in [-0.25, -0.2) is 0 Å². The molecule has 2 aliphatic rings. The van der Waals surface area contributed by atoms with E-state index in [2.05, 4.69) is 35.2 Å². The summed E-state index contributed by atoms with van der Waals surface area (Å²) >= 11 is 0. The van der Waals surface area contributed by atoms with Gasteiger partial charge >= 0.3 is 0 Å². The lowest BCUT2D eigenvalue weighted by Crippen LogP contribution is -2.63. The highest BCUT2D eigenvalue weighted by molar-refractivity contribution is 5.76. The average molecular weight is 437 g/mol. The molecule has 2 heterocycles. The number of aryl methyl sites for hydroxylation is 1. The van der Waals surface area contributed by atoms with Crippen LogP contribution in [0.15, 0.2) is 60.7 Å². The Morgan fingerprint density at radius 2 is 1.53 bits per heavy atom. The van der Waals surface area contributed by atoms with Gasteiger partial charge in [0.15, 0.2) is 0 Å². The van der Waals surface area contributed by atoms with E-state index in [4.69, 9.17) is 0 Å². The van der Waals surface area contributed by atoms with Gasteiger partial charge in [-0.2, -0.15) is 0 Å². The van der Waals surface area contributed by atoms with Crippen molar-refractivity contribution in [2.75, 3.05) is 32.7 Å². The van der Waals surface area contributed by atoms with E-state index >= 15 is 0 Å². The van der Waals surface area contributed by atoms with Crippen molar-refractivity contribution in [2.45, 2.75) is 50.2 Å². The maximum absolute atomic E-state index is 12.8. The van der Waals surface area contributed by atoms with Crippen LogP contribution in [0.2, 0.25) is 0 Å². The van der Waals surface area contributed by atoms with E-state index in [0.29, 0.717) is 38.3 Å². The van der Waals surface area contributed by atoms with E-state index in [0.717, 1.165) is 37.9 Å². The number of rotatable bonds is 7. The molecule has 2 saturated heterocycles. The van der Waals surface area contributed by atoms with Crippen LogP contribution in [0.1, 0.15) is 36.8 Å². The van der Waals surface area contributed by atoms with E-state index in [9.17, 15) is 15.0 Å². The number of carbonyl (C=O) groups excluding carboxylic acids is 1. The molecule has 0 bridgehead atoms. The summed E-state index contributed by atoms with van der Waals surface area (Å²) in [5.41, 5.74) is 1.27. The Bertz CT molecular complexity index is 852. The van der Waals surface area contributed by atoms with Gasteiger partial charge in [0, 0.05) is 19.5 Å². The zero-order valence-corrected chi connectivity index (χ0v) is 18.9. The molecule has 0 radical (unpaired) electrons. The Kier molecular flexibility index (Phi) is 7.61. The van der Waals surface area contributed by atoms with Gasteiger partial charge in [-0.15, -0.1) is 0 Å². The molecule has 0 spiro atoms. The minimum Gasteiger partial charge on any atom is -0.390 e. The predicted molar refractivity (Wildman–Crippen MR) is 126 cm³/mol. The van der Waals surface area contributed by atoms with E-state index < -0.39 is 11.7 Å². The lowest BCUT2D eigenvalue weighted by atomic mass is 9.86. The van der Waals surface area contributed by atoms with Crippen molar-refractivity contribution >= 4 is 5.91 Å². The number of amides is 1. The number of aliphatic hydroxyl groups is 2. The number of nitrogens with zero attached hydrogens (tertiary/aromatic N) is 2. The molecule has 2 aromatic carbocycles. The third-order valence-electron chi connectivity index (χ3n) is 7.15. The van der Waals surface area contributed by atoms with Crippen molar-refractivity contribution in [3.05, 3.63) is 71.8 Å². The molecule has 5 nitrogen and oxygen atoms in total. The maximum atomic E-state index is 12.8. The SMILES string of the molecule is O=C(CCc1ccccc1)N1CC[C@H](O)[C@@](O)(CN2CCC(Cc3ccccc3)CC2)C1. The topological polar surface area (TPSA) is 64.0 Å². The van der Waals surface area contributed by atoms with Crippen LogP contribution in [-0.4, -0.2) is 70.3 Å². The van der Waals surface area contributed by atoms with Gasteiger partial charge in [-0.05, 0) is 62.2 Å². The summed E-state index contributed by atoms with van der Waals surface area (Å²) in [6.45, 7) is 3.00. The summed E-state index contributed by atoms with van der Waals surface area (Å²) < 4.78 is 0. The fourth-order valence-electron chi connectivity index (χ4n) is 5.17. The van der Waals surface area contributed by atoms with Gasteiger partial charge in [0.25, 0.3) is 0 Å². The normalized spacial score (nSPS) is 25.1. The maximum Gasteiger partial charge on any atom is 0.223 e. The highest BCUT2D eigenvalue weighted by Crippen LogP contribution is 2.27. The predicted octanol–water partition coefficient (Wildman–Crippen LogP) is 2.90. The summed E-state index contributed by atoms with van der Waals surface area (Å²) in [5, 5.41) is 21.9. The molecular weight excluding hydrogens is 400 g/mol. The minimum absolute atomic E-state index is 0.0562. The second-order valence-corrected chi connectivity index (χ2v) is 9.62. The standard InChI is InChI=1S/C27H36N2O3/c30-25-15-18-29(26(31)12-11-22-7-3-1-4-8-22)21-27(25,32)20-28-16-13-24(14-17-28)19-23-9-5-2-6-10-23/h1-10,24-25,30,32H,11-21H2/t25-,27+/m0/s1. The molecule has 5 heteroatoms. The first-order valence-electron chi connectivity index (χ1n) is 12.0. The van der Waals surface area contributed by atoms with E-state index in [1.165, 1.54) is 5.56 Å². The number of β-amino-alcohol motifs (C(OH)–C–C–N with tert-alkyl or cyclic N) is 1. The van der Waals surface area contributed by atoms with Gasteiger partial charge in [0.05, 0.1) is 12.6 Å². The van der Waals surface area contributed by atoms with Crippen molar-refractivity contribution in [3.8, 4) is 0 Å². The second-order valence-electron chi connectivity index (χ2n) is 9.62. The summed E-state index contributed by atoms with van der Waals surface area (Å²) in [4.78, 5) is 16.8. The van der Waals surface area contributed by atoms with Gasteiger partial charge in [-0.3, -0.25) is 4.79 Å². The van der Waals surface area contributed by atoms with Crippen molar-refractivity contribution < 1.29 is 15.0 Å². The zero-order valence-electron chi connectivity index (χ0n) is 18.9. The van der Waals surface area contributed by atoms with Crippen LogP contribution in [-0.2, 0) is 17.6 Å². The van der Waals surface area contributed by atoms with Crippen LogP contribution in [0.4, 0.5) is 0 Å². The van der Waals surface area contributed by atoms with E-state index in [-0.39, 0.29) is 12.5 Å². The van der Waals surface area contributed by atoms with E-state index in [1.807, 2.05) is 30.3 Å². The Hall–Kier alpha value is -2.21. The number of carbonyl (C=O) groups is 1. The molecule has 1 amide bonds. The highest BCUT2D eigenvalue weighted by Gasteiger charge is 2.43. The quantitative estimate of drug-likeness (QED) is 0.701. The van der Waals surface area contributed by atoms with Crippen molar-refractivity contribution in [1.82, 2.24) is 9.80 Å². The molecule has 0 unspecified atom stereocenters. The van der Waals surface area contributed by atoms with Gasteiger partial charge in [0.1, 0.15) is 5.60 Å². The first-order chi connectivity index (χ1) is 15.5. The van der Waals surface area contributed by atoms with Gasteiger partial charge < -0.3 is 20.0 Å². The lowest BCUT2D eigenvalue weighted by molar-refractivity contribution is -0.157. The summed E-state index contributed by atoms with van der Waals surface area (Å²) in [5.74, 6) is 0.719. The van der Waals surface area contributed by atoms with Crippen molar-refractivity contribution in [3.63, 3.8) is 0 Å². The van der Waals surface area contributed by atoms with E-state index in [1.54, 1.807) is 4.90 Å².